The van der Waals surface area contributed by atoms with Crippen molar-refractivity contribution in [3.63, 3.8) is 0 Å². The molecule has 0 heterocycles. The standard InChI is InChI=1S/C12H14N2O.C11H16O/c1-5-10(6-7-13-4)14-11-8(2)12(15)9(11)3;1-9(11(2,3)12)10-7-5-4-6-8-10/h5-7,14H,2,4H2,1,3H3;4-9,12H,1-3H3/b7-6-,10-5+;. The summed E-state index contributed by atoms with van der Waals surface area (Å²) >= 11 is 0. The highest BCUT2D eigenvalue weighted by atomic mass is 16.3. The lowest BCUT2D eigenvalue weighted by molar-refractivity contribution is -0.113. The van der Waals surface area contributed by atoms with E-state index in [1.165, 1.54) is 5.56 Å². The number of rotatable bonds is 6. The summed E-state index contributed by atoms with van der Waals surface area (Å²) in [5, 5.41) is 12.9. The van der Waals surface area contributed by atoms with Crippen LogP contribution in [-0.4, -0.2) is 23.2 Å². The Bertz CT molecular complexity index is 778. The Balaban J connectivity index is 0.000000277. The van der Waals surface area contributed by atoms with Crippen LogP contribution < -0.4 is 5.32 Å². The summed E-state index contributed by atoms with van der Waals surface area (Å²) in [5.74, 6) is 0.206. The van der Waals surface area contributed by atoms with Crippen LogP contribution >= 0.6 is 0 Å². The fourth-order valence-corrected chi connectivity index (χ4v) is 2.42. The molecule has 1 atom stereocenters. The van der Waals surface area contributed by atoms with Crippen LogP contribution in [0.5, 0.6) is 0 Å². The van der Waals surface area contributed by atoms with Gasteiger partial charge in [0.1, 0.15) is 0 Å². The van der Waals surface area contributed by atoms with Crippen molar-refractivity contribution in [2.24, 2.45) is 4.99 Å². The molecule has 1 aromatic carbocycles. The predicted molar refractivity (Wildman–Crippen MR) is 114 cm³/mol. The van der Waals surface area contributed by atoms with Gasteiger partial charge in [-0.15, -0.1) is 0 Å². The maximum absolute atomic E-state index is 11.2. The molecule has 0 radical (unpaired) electrons. The smallest absolute Gasteiger partial charge is 0.192 e. The molecule has 0 saturated carbocycles. The Morgan fingerprint density at radius 1 is 1.30 bits per heavy atom. The van der Waals surface area contributed by atoms with Gasteiger partial charge in [0.25, 0.3) is 0 Å². The van der Waals surface area contributed by atoms with Gasteiger partial charge in [-0.05, 0) is 46.1 Å². The fourth-order valence-electron chi connectivity index (χ4n) is 2.42. The first-order chi connectivity index (χ1) is 12.6. The minimum absolute atomic E-state index is 0.0266. The molecule has 0 saturated heterocycles. The molecule has 144 valence electrons. The van der Waals surface area contributed by atoms with Crippen LogP contribution in [-0.2, 0) is 4.79 Å². The normalized spacial score (nSPS) is 15.9. The first-order valence-electron chi connectivity index (χ1n) is 8.91. The van der Waals surface area contributed by atoms with Crippen molar-refractivity contribution in [3.8, 4) is 0 Å². The number of hydrogen-bond acceptors (Lipinski definition) is 4. The number of nitrogens with zero attached hydrogens (tertiary/aromatic N) is 1. The van der Waals surface area contributed by atoms with Crippen molar-refractivity contribution >= 4 is 12.5 Å². The van der Waals surface area contributed by atoms with E-state index in [1.54, 1.807) is 19.2 Å². The van der Waals surface area contributed by atoms with E-state index in [1.807, 2.05) is 64.1 Å². The third-order valence-corrected chi connectivity index (χ3v) is 4.59. The van der Waals surface area contributed by atoms with Crippen LogP contribution in [0.2, 0.25) is 0 Å². The van der Waals surface area contributed by atoms with Crippen LogP contribution in [0.3, 0.4) is 0 Å². The molecule has 1 unspecified atom stereocenters. The third-order valence-electron chi connectivity index (χ3n) is 4.59. The lowest BCUT2D eigenvalue weighted by Crippen LogP contribution is -2.29. The van der Waals surface area contributed by atoms with Crippen LogP contribution in [0.1, 0.15) is 46.1 Å². The summed E-state index contributed by atoms with van der Waals surface area (Å²) in [4.78, 5) is 14.8. The summed E-state index contributed by atoms with van der Waals surface area (Å²) in [6.07, 6.45) is 5.25. The van der Waals surface area contributed by atoms with Gasteiger partial charge < -0.3 is 10.4 Å². The van der Waals surface area contributed by atoms with Gasteiger partial charge in [0.2, 0.25) is 0 Å². The number of nitrogens with one attached hydrogen (secondary N) is 1. The van der Waals surface area contributed by atoms with Gasteiger partial charge >= 0.3 is 0 Å². The largest absolute Gasteiger partial charge is 0.390 e. The van der Waals surface area contributed by atoms with Crippen molar-refractivity contribution in [2.45, 2.75) is 46.1 Å². The van der Waals surface area contributed by atoms with E-state index in [9.17, 15) is 9.90 Å². The zero-order valence-corrected chi connectivity index (χ0v) is 16.9. The van der Waals surface area contributed by atoms with E-state index in [-0.39, 0.29) is 11.7 Å². The van der Waals surface area contributed by atoms with Crippen LogP contribution in [0.4, 0.5) is 0 Å². The molecule has 27 heavy (non-hydrogen) atoms. The topological polar surface area (TPSA) is 61.7 Å². The number of carbonyl (C=O) groups is 1. The van der Waals surface area contributed by atoms with Crippen molar-refractivity contribution in [1.29, 1.82) is 0 Å². The Hall–Kier alpha value is -2.72. The summed E-state index contributed by atoms with van der Waals surface area (Å²) < 4.78 is 0. The van der Waals surface area contributed by atoms with Crippen molar-refractivity contribution in [2.75, 3.05) is 0 Å². The Morgan fingerprint density at radius 3 is 2.33 bits per heavy atom. The monoisotopic (exact) mass is 366 g/mol. The zero-order chi connectivity index (χ0) is 20.6. The maximum atomic E-state index is 11.2. The molecular weight excluding hydrogens is 336 g/mol. The van der Waals surface area contributed by atoms with E-state index in [0.29, 0.717) is 5.57 Å². The molecule has 2 rings (SSSR count). The Labute approximate surface area is 162 Å². The number of aliphatic hydroxyl groups is 1. The van der Waals surface area contributed by atoms with E-state index in [4.69, 9.17) is 0 Å². The average Bonchev–Trinajstić information content (AvgIpc) is 2.67. The van der Waals surface area contributed by atoms with E-state index in [2.05, 4.69) is 23.6 Å². The summed E-state index contributed by atoms with van der Waals surface area (Å²) in [5.41, 5.74) is 3.48. The van der Waals surface area contributed by atoms with E-state index < -0.39 is 5.60 Å². The van der Waals surface area contributed by atoms with Gasteiger partial charge in [0.15, 0.2) is 5.78 Å². The fraction of sp³-hybridized carbons (Fsp3) is 0.304. The molecule has 1 aliphatic rings. The maximum Gasteiger partial charge on any atom is 0.192 e. The Morgan fingerprint density at radius 2 is 1.89 bits per heavy atom. The molecule has 4 heteroatoms. The van der Waals surface area contributed by atoms with Gasteiger partial charge in [0, 0.05) is 29.0 Å². The number of carbonyl (C=O) groups excluding carboxylic acids is 1. The second kappa shape index (κ2) is 9.83. The summed E-state index contributed by atoms with van der Waals surface area (Å²) in [6.45, 7) is 16.4. The molecule has 2 N–H and O–H groups in total. The zero-order valence-electron chi connectivity index (χ0n) is 16.9. The van der Waals surface area contributed by atoms with Crippen LogP contribution in [0.25, 0.3) is 0 Å². The number of Topliss-reactive ketones (excluding diaryl/α,β-unsaturated/α-hetero) is 1. The molecule has 0 spiro atoms. The van der Waals surface area contributed by atoms with Crippen molar-refractivity contribution in [3.05, 3.63) is 83.4 Å². The van der Waals surface area contributed by atoms with Gasteiger partial charge in [-0.2, -0.15) is 0 Å². The molecular formula is C23H30N2O2. The highest BCUT2D eigenvalue weighted by Gasteiger charge is 2.28. The molecule has 1 aromatic rings. The second-order valence-electron chi connectivity index (χ2n) is 6.96. The van der Waals surface area contributed by atoms with Gasteiger partial charge in [-0.3, -0.25) is 9.79 Å². The summed E-state index contributed by atoms with van der Waals surface area (Å²) in [7, 11) is 0. The van der Waals surface area contributed by atoms with Crippen LogP contribution in [0.15, 0.2) is 82.8 Å². The van der Waals surface area contributed by atoms with Gasteiger partial charge in [-0.1, -0.05) is 49.9 Å². The van der Waals surface area contributed by atoms with E-state index >= 15 is 0 Å². The lowest BCUT2D eigenvalue weighted by Gasteiger charge is -2.26. The second-order valence-corrected chi connectivity index (χ2v) is 6.96. The molecule has 4 nitrogen and oxygen atoms in total. The summed E-state index contributed by atoms with van der Waals surface area (Å²) in [6, 6.07) is 10.1. The van der Waals surface area contributed by atoms with Crippen LogP contribution in [0, 0.1) is 0 Å². The Kier molecular flexibility index (Phi) is 8.13. The number of benzene rings is 1. The molecule has 0 aliphatic heterocycles. The molecule has 0 aromatic heterocycles. The number of ketones is 1. The molecule has 0 amide bonds. The number of hydrogen-bond donors (Lipinski definition) is 2. The minimum atomic E-state index is -0.638. The lowest BCUT2D eigenvalue weighted by atomic mass is 9.87. The highest BCUT2D eigenvalue weighted by Crippen LogP contribution is 2.27. The number of aliphatic imine (C=N–C) groups is 1. The highest BCUT2D eigenvalue weighted by molar-refractivity contribution is 6.18. The molecule has 0 fully saturated rings. The average molecular weight is 367 g/mol. The van der Waals surface area contributed by atoms with Crippen molar-refractivity contribution in [1.82, 2.24) is 5.32 Å². The van der Waals surface area contributed by atoms with Gasteiger partial charge in [-0.25, -0.2) is 0 Å². The first-order valence-corrected chi connectivity index (χ1v) is 8.91. The minimum Gasteiger partial charge on any atom is -0.390 e. The van der Waals surface area contributed by atoms with Gasteiger partial charge in [0.05, 0.1) is 11.3 Å². The first kappa shape index (κ1) is 22.3. The van der Waals surface area contributed by atoms with Crippen molar-refractivity contribution < 1.29 is 9.90 Å². The number of allylic oxidation sites excluding steroid dienone is 4. The quantitative estimate of drug-likeness (QED) is 0.437. The third kappa shape index (κ3) is 6.19. The SMILES string of the molecule is C=N/C=C\C(=C/C)NC1=C(C)C(=O)C1=C.CC(c1ccccc1)C(C)(C)O. The predicted octanol–water partition coefficient (Wildman–Crippen LogP) is 4.67. The molecule has 1 aliphatic carbocycles. The van der Waals surface area contributed by atoms with E-state index in [0.717, 1.165) is 17.0 Å². The molecule has 0 bridgehead atoms.